The first-order valence-corrected chi connectivity index (χ1v) is 11.0. The Balaban J connectivity index is 1.70. The molecule has 154 valence electrons. The van der Waals surface area contributed by atoms with Crippen molar-refractivity contribution in [2.45, 2.75) is 30.4 Å². The molecule has 1 aliphatic carbocycles. The van der Waals surface area contributed by atoms with Crippen LogP contribution in [0.1, 0.15) is 36.3 Å². The fraction of sp³-hybridized carbons (Fsp3) is 0.304. The minimum atomic E-state index is -1.91. The molecule has 0 spiro atoms. The van der Waals surface area contributed by atoms with Gasteiger partial charge in [0, 0.05) is 0 Å². The first-order valence-electron chi connectivity index (χ1n) is 9.67. The number of hydrogen-bond acceptors (Lipinski definition) is 5. The molecule has 7 heteroatoms. The second-order valence-electron chi connectivity index (χ2n) is 7.11. The summed E-state index contributed by atoms with van der Waals surface area (Å²) in [6.45, 7) is -0.0589. The number of carbonyl (C=O) groups is 4. The summed E-state index contributed by atoms with van der Waals surface area (Å²) in [5.41, 5.74) is 4.09. The van der Waals surface area contributed by atoms with Crippen LogP contribution < -0.4 is 0 Å². The Morgan fingerprint density at radius 2 is 1.47 bits per heavy atom. The molecule has 1 N–H and O–H groups in total. The van der Waals surface area contributed by atoms with Crippen LogP contribution in [-0.4, -0.2) is 52.1 Å². The van der Waals surface area contributed by atoms with E-state index in [9.17, 15) is 24.3 Å². The molecule has 0 bridgehead atoms. The van der Waals surface area contributed by atoms with Crippen molar-refractivity contribution in [2.75, 3.05) is 6.61 Å². The van der Waals surface area contributed by atoms with Gasteiger partial charge in [-0.25, -0.2) is 0 Å². The monoisotopic (exact) mass is 468 g/mol. The van der Waals surface area contributed by atoms with Crippen molar-refractivity contribution in [3.63, 3.8) is 0 Å². The van der Waals surface area contributed by atoms with E-state index in [4.69, 9.17) is 4.74 Å². The molecule has 1 unspecified atom stereocenters. The standard InChI is InChI=1S/C23H21AsO6/c24-12-11-14(25)9-10-20(26)21(22(27)28)23(29)30-13-19-17-7-3-1-5-15(17)16-6-2-4-8-18(16)19/h1-8,19,21H,9-13H2,(H,27,28). The summed E-state index contributed by atoms with van der Waals surface area (Å²) in [6.07, 6.45) is -0.0556. The summed E-state index contributed by atoms with van der Waals surface area (Å²) in [5.74, 6) is -5.73. The molecule has 0 amide bonds. The number of carboxylic acids is 1. The third kappa shape index (κ3) is 4.70. The first-order chi connectivity index (χ1) is 14.4. The summed E-state index contributed by atoms with van der Waals surface area (Å²) in [6, 6.07) is 15.5. The number of carbonyl (C=O) groups excluding carboxylic acids is 3. The van der Waals surface area contributed by atoms with Gasteiger partial charge in [-0.3, -0.25) is 0 Å². The maximum absolute atomic E-state index is 12.5. The van der Waals surface area contributed by atoms with Crippen LogP contribution in [0, 0.1) is 5.92 Å². The molecule has 2 radical (unpaired) electrons. The van der Waals surface area contributed by atoms with Crippen LogP contribution in [0.25, 0.3) is 11.1 Å². The van der Waals surface area contributed by atoms with E-state index < -0.39 is 23.6 Å². The van der Waals surface area contributed by atoms with Gasteiger partial charge in [-0.15, -0.1) is 0 Å². The molecule has 1 aliphatic rings. The van der Waals surface area contributed by atoms with E-state index in [1.54, 1.807) is 0 Å². The molecule has 0 aromatic heterocycles. The summed E-state index contributed by atoms with van der Waals surface area (Å²) in [4.78, 5) is 47.9. The fourth-order valence-corrected chi connectivity index (χ4v) is 4.24. The molecular formula is C23H21AsO6. The number of fused-ring (bicyclic) bond motifs is 3. The van der Waals surface area contributed by atoms with Crippen LogP contribution in [0.4, 0.5) is 0 Å². The second-order valence-corrected chi connectivity index (χ2v) is 8.05. The fourth-order valence-electron chi connectivity index (χ4n) is 3.71. The quantitative estimate of drug-likeness (QED) is 0.327. The third-order valence-electron chi connectivity index (χ3n) is 5.20. The van der Waals surface area contributed by atoms with Crippen molar-refractivity contribution in [1.29, 1.82) is 0 Å². The number of carboxylic acid groups (broad SMARTS) is 1. The van der Waals surface area contributed by atoms with Gasteiger partial charge in [-0.05, 0) is 11.1 Å². The Morgan fingerprint density at radius 1 is 0.900 bits per heavy atom. The summed E-state index contributed by atoms with van der Waals surface area (Å²) in [5, 5.41) is 9.97. The molecule has 0 saturated carbocycles. The SMILES string of the molecule is O=C(CC[As])CCC(=O)C(C(=O)O)C(=O)OCC1c2ccccc2-c2ccccc21. The Bertz CT molecular complexity index is 938. The van der Waals surface area contributed by atoms with Crippen LogP contribution in [0.2, 0.25) is 5.21 Å². The van der Waals surface area contributed by atoms with E-state index in [-0.39, 0.29) is 31.1 Å². The average molecular weight is 468 g/mol. The Hall–Kier alpha value is -2.72. The van der Waals surface area contributed by atoms with Gasteiger partial charge in [-0.1, -0.05) is 48.5 Å². The Labute approximate surface area is 183 Å². The number of aliphatic carboxylic acids is 1. The van der Waals surface area contributed by atoms with E-state index in [0.717, 1.165) is 22.3 Å². The maximum atomic E-state index is 12.5. The van der Waals surface area contributed by atoms with Crippen LogP contribution >= 0.6 is 0 Å². The number of benzene rings is 2. The Kier molecular flexibility index (Phi) is 7.22. The summed E-state index contributed by atoms with van der Waals surface area (Å²) >= 11 is 2.27. The molecule has 0 heterocycles. The van der Waals surface area contributed by atoms with Crippen LogP contribution in [0.5, 0.6) is 0 Å². The number of esters is 1. The van der Waals surface area contributed by atoms with Gasteiger partial charge in [0.05, 0.1) is 0 Å². The average Bonchev–Trinajstić information content (AvgIpc) is 3.05. The zero-order valence-electron chi connectivity index (χ0n) is 16.2. The summed E-state index contributed by atoms with van der Waals surface area (Å²) in [7, 11) is 0. The van der Waals surface area contributed by atoms with E-state index in [2.05, 4.69) is 16.9 Å². The second kappa shape index (κ2) is 9.85. The first kappa shape index (κ1) is 22.0. The minimum absolute atomic E-state index is 0.0589. The minimum Gasteiger partial charge on any atom is -0.0619 e. The van der Waals surface area contributed by atoms with Crippen LogP contribution in [-0.2, 0) is 23.9 Å². The van der Waals surface area contributed by atoms with E-state index in [1.165, 1.54) is 0 Å². The van der Waals surface area contributed by atoms with Crippen LogP contribution in [0.15, 0.2) is 48.5 Å². The molecule has 30 heavy (non-hydrogen) atoms. The van der Waals surface area contributed by atoms with Gasteiger partial charge in [0.1, 0.15) is 0 Å². The molecule has 3 rings (SSSR count). The Morgan fingerprint density at radius 3 is 2.00 bits per heavy atom. The molecule has 2 aromatic rings. The normalized spacial score (nSPS) is 13.2. The van der Waals surface area contributed by atoms with Crippen molar-refractivity contribution in [3.8, 4) is 11.1 Å². The summed E-state index contributed by atoms with van der Waals surface area (Å²) < 4.78 is 5.31. The predicted molar refractivity (Wildman–Crippen MR) is 110 cm³/mol. The molecule has 0 fully saturated rings. The molecule has 0 aliphatic heterocycles. The molecule has 6 nitrogen and oxygen atoms in total. The molecule has 1 atom stereocenters. The van der Waals surface area contributed by atoms with E-state index in [0.29, 0.717) is 11.6 Å². The number of Topliss-reactive ketones (excluding diaryl/α,β-unsaturated/α-hetero) is 2. The number of hydrogen-bond donors (Lipinski definition) is 1. The van der Waals surface area contributed by atoms with E-state index in [1.807, 2.05) is 48.5 Å². The number of rotatable bonds is 10. The zero-order valence-corrected chi connectivity index (χ0v) is 18.1. The van der Waals surface area contributed by atoms with Gasteiger partial charge in [0.25, 0.3) is 0 Å². The van der Waals surface area contributed by atoms with Crippen molar-refractivity contribution in [3.05, 3.63) is 59.7 Å². The van der Waals surface area contributed by atoms with Crippen molar-refractivity contribution < 1.29 is 29.0 Å². The van der Waals surface area contributed by atoms with Gasteiger partial charge in [-0.2, -0.15) is 0 Å². The molecular weight excluding hydrogens is 447 g/mol. The predicted octanol–water partition coefficient (Wildman–Crippen LogP) is 2.94. The van der Waals surface area contributed by atoms with Crippen molar-refractivity contribution >= 4 is 40.4 Å². The third-order valence-corrected chi connectivity index (χ3v) is 5.67. The van der Waals surface area contributed by atoms with E-state index >= 15 is 0 Å². The van der Waals surface area contributed by atoms with Gasteiger partial charge >= 0.3 is 123 Å². The van der Waals surface area contributed by atoms with Crippen molar-refractivity contribution in [1.82, 2.24) is 0 Å². The smallest absolute Gasteiger partial charge is 0.0619 e. The van der Waals surface area contributed by atoms with Crippen LogP contribution in [0.3, 0.4) is 0 Å². The van der Waals surface area contributed by atoms with Gasteiger partial charge < -0.3 is 0 Å². The topological polar surface area (TPSA) is 97.7 Å². The van der Waals surface area contributed by atoms with Gasteiger partial charge in [0.15, 0.2) is 0 Å². The molecule has 0 saturated heterocycles. The zero-order chi connectivity index (χ0) is 21.7. The molecule has 2 aromatic carbocycles. The van der Waals surface area contributed by atoms with Gasteiger partial charge in [0.2, 0.25) is 0 Å². The number of ketones is 2. The van der Waals surface area contributed by atoms with Crippen molar-refractivity contribution in [2.24, 2.45) is 5.92 Å². The number of ether oxygens (including phenoxy) is 1.